The Kier molecular flexibility index (Phi) is 9.66. The van der Waals surface area contributed by atoms with Crippen molar-refractivity contribution in [1.29, 1.82) is 0 Å². The third-order valence-electron chi connectivity index (χ3n) is 1.02. The molecule has 0 amide bonds. The fourth-order valence-corrected chi connectivity index (χ4v) is 1.00. The van der Waals surface area contributed by atoms with Crippen molar-refractivity contribution in [1.82, 2.24) is 0 Å². The van der Waals surface area contributed by atoms with Crippen LogP contribution in [0.5, 0.6) is 0 Å². The number of benzene rings is 1. The van der Waals surface area contributed by atoms with Gasteiger partial charge in [0.2, 0.25) is 0 Å². The van der Waals surface area contributed by atoms with Gasteiger partial charge in [0, 0.05) is 19.5 Å². The van der Waals surface area contributed by atoms with Crippen molar-refractivity contribution in [2.24, 2.45) is 0 Å². The molecule has 1 aromatic rings. The molecule has 1 aromatic carbocycles. The molecule has 4 heteroatoms. The molecular weight excluding hydrogens is 300 g/mol. The Balaban J connectivity index is 0. The van der Waals surface area contributed by atoms with Crippen molar-refractivity contribution in [3.63, 3.8) is 0 Å². The van der Waals surface area contributed by atoms with Crippen molar-refractivity contribution in [3.8, 4) is 0 Å². The summed E-state index contributed by atoms with van der Waals surface area (Å²) in [4.78, 5) is 0. The Labute approximate surface area is 99.8 Å². The van der Waals surface area contributed by atoms with Crippen LogP contribution in [0.25, 0.3) is 0 Å². The van der Waals surface area contributed by atoms with Crippen LogP contribution in [0.3, 0.4) is 0 Å². The standard InChI is InChI=1S/C7H5Cl2.BrH.Zn/c8-5-6-3-1-2-4-7(6)9;;/h1-5H;1H;/q-1;;. The van der Waals surface area contributed by atoms with Crippen LogP contribution in [0.1, 0.15) is 5.56 Å². The van der Waals surface area contributed by atoms with E-state index in [4.69, 9.17) is 23.2 Å². The zero-order valence-corrected chi connectivity index (χ0v) is 12.0. The fourth-order valence-electron chi connectivity index (χ4n) is 0.564. The molecule has 0 bridgehead atoms. The molecule has 0 aliphatic rings. The van der Waals surface area contributed by atoms with E-state index >= 15 is 0 Å². The minimum atomic E-state index is 0. The van der Waals surface area contributed by atoms with Gasteiger partial charge in [-0.25, -0.2) is 0 Å². The molecule has 0 saturated heterocycles. The molecule has 11 heavy (non-hydrogen) atoms. The van der Waals surface area contributed by atoms with Gasteiger partial charge >= 0.3 is 0 Å². The fraction of sp³-hybridized carbons (Fsp3) is 0. The average molecular weight is 306 g/mol. The summed E-state index contributed by atoms with van der Waals surface area (Å²) < 4.78 is 0. The molecule has 0 unspecified atom stereocenters. The smallest absolute Gasteiger partial charge is 0 e. The van der Waals surface area contributed by atoms with E-state index in [1.807, 2.05) is 18.2 Å². The maximum atomic E-state index is 5.71. The predicted molar refractivity (Wildman–Crippen MR) is 51.0 cm³/mol. The van der Waals surface area contributed by atoms with Crippen molar-refractivity contribution in [3.05, 3.63) is 40.7 Å². The number of hydrogen-bond acceptors (Lipinski definition) is 0. The molecule has 0 spiro atoms. The molecule has 0 heterocycles. The first kappa shape index (κ1) is 14.3. The first-order valence-electron chi connectivity index (χ1n) is 2.52. The molecule has 0 aromatic heterocycles. The Morgan fingerprint density at radius 2 is 1.73 bits per heavy atom. The van der Waals surface area contributed by atoms with Crippen LogP contribution < -0.4 is 0 Å². The summed E-state index contributed by atoms with van der Waals surface area (Å²) in [5.74, 6) is 1.46. The third-order valence-corrected chi connectivity index (χ3v) is 1.60. The molecule has 0 radical (unpaired) electrons. The SMILES string of the molecule is Br.Cl[CH-]c1ccccc1Cl.[Zn]. The normalized spacial score (nSPS) is 7.45. The molecule has 1 rings (SSSR count). The molecule has 0 saturated carbocycles. The van der Waals surface area contributed by atoms with Gasteiger partial charge in [0.15, 0.2) is 0 Å². The van der Waals surface area contributed by atoms with Crippen LogP contribution in [-0.4, -0.2) is 0 Å². The average Bonchev–Trinajstić information content (AvgIpc) is 1.89. The Morgan fingerprint density at radius 1 is 1.18 bits per heavy atom. The van der Waals surface area contributed by atoms with E-state index in [2.05, 4.69) is 0 Å². The number of rotatable bonds is 1. The largest absolute Gasteiger partial charge is 0.174 e. The van der Waals surface area contributed by atoms with E-state index in [9.17, 15) is 0 Å². The number of halogens is 3. The second kappa shape index (κ2) is 7.42. The zero-order valence-electron chi connectivity index (χ0n) is 5.76. The Hall–Kier alpha value is 0.773. The van der Waals surface area contributed by atoms with E-state index in [0.717, 1.165) is 5.56 Å². The monoisotopic (exact) mass is 303 g/mol. The van der Waals surface area contributed by atoms with Crippen LogP contribution in [-0.2, 0) is 19.5 Å². The molecule has 0 N–H and O–H groups in total. The minimum Gasteiger partial charge on any atom is -0.174 e. The van der Waals surface area contributed by atoms with Gasteiger partial charge < -0.3 is 0 Å². The summed E-state index contributed by atoms with van der Waals surface area (Å²) >= 11 is 11.1. The quantitative estimate of drug-likeness (QED) is 0.549. The van der Waals surface area contributed by atoms with Crippen LogP contribution in [0.15, 0.2) is 24.3 Å². The van der Waals surface area contributed by atoms with Gasteiger partial charge in [-0.05, 0) is 0 Å². The topological polar surface area (TPSA) is 0 Å². The summed E-state index contributed by atoms with van der Waals surface area (Å²) in [6.07, 6.45) is 0. The second-order valence-corrected chi connectivity index (χ2v) is 2.26. The van der Waals surface area contributed by atoms with Crippen LogP contribution in [0, 0.1) is 5.88 Å². The van der Waals surface area contributed by atoms with Crippen molar-refractivity contribution in [2.45, 2.75) is 0 Å². The molecule has 0 aliphatic heterocycles. The Bertz CT molecular complexity index is 205. The summed E-state index contributed by atoms with van der Waals surface area (Å²) in [5, 5.41) is 0.688. The van der Waals surface area contributed by atoms with Gasteiger partial charge in [-0.3, -0.25) is 0 Å². The number of hydrogen-bond donors (Lipinski definition) is 0. The van der Waals surface area contributed by atoms with Crippen molar-refractivity contribution in [2.75, 3.05) is 0 Å². The predicted octanol–water partition coefficient (Wildman–Crippen LogP) is 3.66. The van der Waals surface area contributed by atoms with Gasteiger partial charge in [-0.1, -0.05) is 17.0 Å². The molecule has 0 atom stereocenters. The first-order chi connectivity index (χ1) is 4.34. The summed E-state index contributed by atoms with van der Waals surface area (Å²) in [6.45, 7) is 0. The maximum Gasteiger partial charge on any atom is 0 e. The molecular formula is C7H6BrCl2Zn-. The molecule has 0 nitrogen and oxygen atoms in total. The maximum absolute atomic E-state index is 5.71. The van der Waals surface area contributed by atoms with E-state index in [-0.39, 0.29) is 36.5 Å². The second-order valence-electron chi connectivity index (χ2n) is 1.63. The summed E-state index contributed by atoms with van der Waals surface area (Å²) in [6, 6.07) is 7.41. The van der Waals surface area contributed by atoms with Crippen LogP contribution in [0.4, 0.5) is 0 Å². The van der Waals surface area contributed by atoms with Gasteiger partial charge in [-0.15, -0.1) is 29.1 Å². The molecule has 58 valence electrons. The molecule has 0 aliphatic carbocycles. The minimum absolute atomic E-state index is 0. The van der Waals surface area contributed by atoms with E-state index in [1.165, 1.54) is 5.88 Å². The van der Waals surface area contributed by atoms with Gasteiger partial charge in [0.05, 0.1) is 0 Å². The first-order valence-corrected chi connectivity index (χ1v) is 3.34. The van der Waals surface area contributed by atoms with Gasteiger partial charge in [0.1, 0.15) is 0 Å². The third kappa shape index (κ3) is 4.37. The molecule has 0 fully saturated rings. The van der Waals surface area contributed by atoms with Crippen molar-refractivity contribution < 1.29 is 19.5 Å². The van der Waals surface area contributed by atoms with E-state index < -0.39 is 0 Å². The Morgan fingerprint density at radius 3 is 2.09 bits per heavy atom. The van der Waals surface area contributed by atoms with Crippen molar-refractivity contribution >= 4 is 40.2 Å². The zero-order chi connectivity index (χ0) is 6.69. The summed E-state index contributed by atoms with van der Waals surface area (Å²) in [5.41, 5.74) is 0.862. The van der Waals surface area contributed by atoms with Gasteiger partial charge in [0.25, 0.3) is 0 Å². The van der Waals surface area contributed by atoms with E-state index in [0.29, 0.717) is 5.02 Å². The van der Waals surface area contributed by atoms with E-state index in [1.54, 1.807) is 6.07 Å². The van der Waals surface area contributed by atoms with Crippen LogP contribution in [0.2, 0.25) is 5.02 Å². The van der Waals surface area contributed by atoms with Gasteiger partial charge in [-0.2, -0.15) is 34.8 Å². The summed E-state index contributed by atoms with van der Waals surface area (Å²) in [7, 11) is 0. The van der Waals surface area contributed by atoms with Crippen LogP contribution >= 0.6 is 40.2 Å².